The molecule has 7 heteroatoms. The van der Waals surface area contributed by atoms with Gasteiger partial charge in [-0.3, -0.25) is 0 Å². The minimum absolute atomic E-state index is 0.102. The number of fused-ring (bicyclic) bond motifs is 1. The van der Waals surface area contributed by atoms with E-state index in [2.05, 4.69) is 9.47 Å². The van der Waals surface area contributed by atoms with Gasteiger partial charge in [-0.15, -0.1) is 0 Å². The van der Waals surface area contributed by atoms with E-state index in [0.29, 0.717) is 12.1 Å². The fourth-order valence-electron chi connectivity index (χ4n) is 1.53. The summed E-state index contributed by atoms with van der Waals surface area (Å²) in [5.41, 5.74) is 6.05. The molecule has 0 aromatic heterocycles. The summed E-state index contributed by atoms with van der Waals surface area (Å²) < 4.78 is 59.6. The smallest absolute Gasteiger partial charge is 0.421 e. The SMILES string of the molecule is CC(CN)c1ccc2c(c1)OC(F)(F)C(F)(F)O2. The maximum atomic E-state index is 13.0. The first kappa shape index (κ1) is 12.9. The zero-order chi connectivity index (χ0) is 13.6. The van der Waals surface area contributed by atoms with Crippen molar-refractivity contribution in [3.8, 4) is 11.5 Å². The van der Waals surface area contributed by atoms with Gasteiger partial charge < -0.3 is 15.2 Å². The molecular formula is C11H11F4NO2. The van der Waals surface area contributed by atoms with Gasteiger partial charge in [0.1, 0.15) is 0 Å². The number of ether oxygens (including phenoxy) is 2. The van der Waals surface area contributed by atoms with E-state index in [0.717, 1.165) is 0 Å². The number of nitrogens with two attached hydrogens (primary N) is 1. The molecule has 1 unspecified atom stereocenters. The molecule has 1 aliphatic rings. The molecule has 1 aliphatic heterocycles. The Hall–Kier alpha value is -1.50. The lowest BCUT2D eigenvalue weighted by atomic mass is 10.0. The molecule has 1 atom stereocenters. The Morgan fingerprint density at radius 3 is 2.22 bits per heavy atom. The fourth-order valence-corrected chi connectivity index (χ4v) is 1.53. The highest BCUT2D eigenvalue weighted by Crippen LogP contribution is 2.47. The Bertz CT molecular complexity index is 464. The number of benzene rings is 1. The summed E-state index contributed by atoms with van der Waals surface area (Å²) in [7, 11) is 0. The lowest BCUT2D eigenvalue weighted by Gasteiger charge is -2.32. The van der Waals surface area contributed by atoms with Gasteiger partial charge in [-0.2, -0.15) is 17.6 Å². The van der Waals surface area contributed by atoms with Gasteiger partial charge in [-0.1, -0.05) is 13.0 Å². The van der Waals surface area contributed by atoms with E-state index in [1.54, 1.807) is 6.92 Å². The van der Waals surface area contributed by atoms with Crippen molar-refractivity contribution in [2.75, 3.05) is 6.54 Å². The zero-order valence-electron chi connectivity index (χ0n) is 9.42. The van der Waals surface area contributed by atoms with E-state index in [1.807, 2.05) is 0 Å². The van der Waals surface area contributed by atoms with Crippen LogP contribution in [0.4, 0.5) is 17.6 Å². The molecule has 0 fully saturated rings. The third-order valence-corrected chi connectivity index (χ3v) is 2.71. The minimum atomic E-state index is -4.69. The molecule has 0 spiro atoms. The van der Waals surface area contributed by atoms with E-state index in [1.165, 1.54) is 18.2 Å². The van der Waals surface area contributed by atoms with Crippen LogP contribution in [0.3, 0.4) is 0 Å². The van der Waals surface area contributed by atoms with Crippen LogP contribution < -0.4 is 15.2 Å². The van der Waals surface area contributed by atoms with Crippen LogP contribution in [0.25, 0.3) is 0 Å². The van der Waals surface area contributed by atoms with E-state index in [4.69, 9.17) is 5.73 Å². The normalized spacial score (nSPS) is 21.4. The predicted octanol–water partition coefficient (Wildman–Crippen LogP) is 2.71. The molecule has 0 radical (unpaired) electrons. The molecule has 0 bridgehead atoms. The molecule has 0 saturated heterocycles. The van der Waals surface area contributed by atoms with Crippen LogP contribution in [0.5, 0.6) is 11.5 Å². The maximum absolute atomic E-state index is 13.0. The molecule has 1 aromatic rings. The second kappa shape index (κ2) is 4.01. The van der Waals surface area contributed by atoms with Gasteiger partial charge in [-0.05, 0) is 30.2 Å². The van der Waals surface area contributed by atoms with Crippen LogP contribution in [0.1, 0.15) is 18.4 Å². The number of hydrogen-bond donors (Lipinski definition) is 1. The monoisotopic (exact) mass is 265 g/mol. The Balaban J connectivity index is 2.39. The number of alkyl halides is 4. The Kier molecular flexibility index (Phi) is 2.89. The standard InChI is InChI=1S/C11H11F4NO2/c1-6(5-16)7-2-3-8-9(4-7)18-11(14,15)10(12,13)17-8/h2-4,6H,5,16H2,1H3. The molecule has 1 aromatic carbocycles. The first-order valence-corrected chi connectivity index (χ1v) is 5.24. The van der Waals surface area contributed by atoms with Crippen LogP contribution in [0.2, 0.25) is 0 Å². The van der Waals surface area contributed by atoms with Crippen LogP contribution in [-0.2, 0) is 0 Å². The lowest BCUT2D eigenvalue weighted by molar-refractivity contribution is -0.391. The summed E-state index contributed by atoms with van der Waals surface area (Å²) in [6.07, 6.45) is -9.37. The minimum Gasteiger partial charge on any atom is -0.421 e. The van der Waals surface area contributed by atoms with Crippen molar-refractivity contribution in [2.45, 2.75) is 25.1 Å². The number of rotatable bonds is 2. The van der Waals surface area contributed by atoms with Crippen molar-refractivity contribution in [3.05, 3.63) is 23.8 Å². The average Bonchev–Trinajstić information content (AvgIpc) is 2.28. The summed E-state index contributed by atoms with van der Waals surface area (Å²) in [6.45, 7) is 2.07. The van der Waals surface area contributed by atoms with Gasteiger partial charge in [0.05, 0.1) is 0 Å². The van der Waals surface area contributed by atoms with Gasteiger partial charge in [0, 0.05) is 0 Å². The van der Waals surface area contributed by atoms with Crippen molar-refractivity contribution in [1.82, 2.24) is 0 Å². The Labute approximate surface area is 100 Å². The third-order valence-electron chi connectivity index (χ3n) is 2.71. The van der Waals surface area contributed by atoms with Crippen molar-refractivity contribution >= 4 is 0 Å². The predicted molar refractivity (Wildman–Crippen MR) is 55.1 cm³/mol. The molecule has 0 aliphatic carbocycles. The summed E-state index contributed by atoms with van der Waals surface area (Å²) in [5, 5.41) is 0. The second-order valence-corrected chi connectivity index (χ2v) is 4.08. The fraction of sp³-hybridized carbons (Fsp3) is 0.455. The highest BCUT2D eigenvalue weighted by atomic mass is 19.3. The number of halogens is 4. The van der Waals surface area contributed by atoms with E-state index in [9.17, 15) is 17.6 Å². The molecule has 18 heavy (non-hydrogen) atoms. The first-order valence-electron chi connectivity index (χ1n) is 5.24. The molecule has 2 N–H and O–H groups in total. The number of hydrogen-bond acceptors (Lipinski definition) is 3. The molecule has 1 heterocycles. The Morgan fingerprint density at radius 2 is 1.67 bits per heavy atom. The molecule has 100 valence electrons. The quantitative estimate of drug-likeness (QED) is 0.836. The summed E-state index contributed by atoms with van der Waals surface area (Å²) in [5.74, 6) is -0.933. The first-order chi connectivity index (χ1) is 8.27. The van der Waals surface area contributed by atoms with Gasteiger partial charge in [0.25, 0.3) is 0 Å². The zero-order valence-corrected chi connectivity index (χ0v) is 9.42. The van der Waals surface area contributed by atoms with Gasteiger partial charge in [0.2, 0.25) is 0 Å². The van der Waals surface area contributed by atoms with Crippen LogP contribution in [-0.4, -0.2) is 18.8 Å². The van der Waals surface area contributed by atoms with Crippen molar-refractivity contribution in [1.29, 1.82) is 0 Å². The van der Waals surface area contributed by atoms with E-state index >= 15 is 0 Å². The third kappa shape index (κ3) is 1.98. The van der Waals surface area contributed by atoms with Crippen molar-refractivity contribution < 1.29 is 27.0 Å². The Morgan fingerprint density at radius 1 is 1.11 bits per heavy atom. The topological polar surface area (TPSA) is 44.5 Å². The van der Waals surface area contributed by atoms with Crippen molar-refractivity contribution in [2.24, 2.45) is 5.73 Å². The van der Waals surface area contributed by atoms with Gasteiger partial charge in [0.15, 0.2) is 11.5 Å². The summed E-state index contributed by atoms with van der Waals surface area (Å²) >= 11 is 0. The van der Waals surface area contributed by atoms with Crippen LogP contribution >= 0.6 is 0 Å². The lowest BCUT2D eigenvalue weighted by Crippen LogP contribution is -2.52. The van der Waals surface area contributed by atoms with Crippen LogP contribution in [0.15, 0.2) is 18.2 Å². The molecule has 3 nitrogen and oxygen atoms in total. The molecule has 2 rings (SSSR count). The molecule has 0 amide bonds. The van der Waals surface area contributed by atoms with Gasteiger partial charge in [-0.25, -0.2) is 0 Å². The van der Waals surface area contributed by atoms with E-state index < -0.39 is 23.7 Å². The average molecular weight is 265 g/mol. The van der Waals surface area contributed by atoms with Crippen molar-refractivity contribution in [3.63, 3.8) is 0 Å². The highest BCUT2D eigenvalue weighted by Gasteiger charge is 2.65. The summed E-state index contributed by atoms with van der Waals surface area (Å²) in [6, 6.07) is 3.88. The molecular weight excluding hydrogens is 254 g/mol. The largest absolute Gasteiger partial charge is 0.507 e. The maximum Gasteiger partial charge on any atom is 0.507 e. The molecule has 0 saturated carbocycles. The van der Waals surface area contributed by atoms with E-state index in [-0.39, 0.29) is 5.92 Å². The van der Waals surface area contributed by atoms with Gasteiger partial charge >= 0.3 is 12.2 Å². The second-order valence-electron chi connectivity index (χ2n) is 4.08. The summed E-state index contributed by atoms with van der Waals surface area (Å²) in [4.78, 5) is 0. The van der Waals surface area contributed by atoms with Crippen LogP contribution in [0, 0.1) is 0 Å². The highest BCUT2D eigenvalue weighted by molar-refractivity contribution is 5.45.